The van der Waals surface area contributed by atoms with Crippen LogP contribution in [-0.4, -0.2) is 56.1 Å². The predicted octanol–water partition coefficient (Wildman–Crippen LogP) is 2.76. The summed E-state index contributed by atoms with van der Waals surface area (Å²) in [5.74, 6) is -7.39. The van der Waals surface area contributed by atoms with Gasteiger partial charge in [0, 0.05) is 54.3 Å². The van der Waals surface area contributed by atoms with Crippen LogP contribution in [0.1, 0.15) is 24.4 Å². The Morgan fingerprint density at radius 3 is 2.36 bits per heavy atom. The van der Waals surface area contributed by atoms with Crippen molar-refractivity contribution in [3.63, 3.8) is 0 Å². The molecule has 1 aliphatic carbocycles. The van der Waals surface area contributed by atoms with Gasteiger partial charge in [0.1, 0.15) is 6.04 Å². The fourth-order valence-electron chi connectivity index (χ4n) is 3.82. The van der Waals surface area contributed by atoms with E-state index in [9.17, 15) is 35.6 Å². The van der Waals surface area contributed by atoms with Gasteiger partial charge in [-0.1, -0.05) is 29.8 Å². The van der Waals surface area contributed by atoms with Gasteiger partial charge < -0.3 is 5.32 Å². The zero-order valence-corrected chi connectivity index (χ0v) is 20.1. The smallest absolute Gasteiger partial charge is 0.280 e. The maximum absolute atomic E-state index is 14.2. The minimum Gasteiger partial charge on any atom is -0.351 e. The van der Waals surface area contributed by atoms with Crippen molar-refractivity contribution in [1.82, 2.24) is 14.3 Å². The van der Waals surface area contributed by atoms with E-state index in [1.165, 1.54) is 18.2 Å². The van der Waals surface area contributed by atoms with Gasteiger partial charge >= 0.3 is 0 Å². The molecule has 1 atom stereocenters. The third kappa shape index (κ3) is 5.80. The number of carbonyl (C=O) groups excluding carboxylic acids is 2. The summed E-state index contributed by atoms with van der Waals surface area (Å²) in [6, 6.07) is 5.82. The number of benzene rings is 2. The average Bonchev–Trinajstić information content (AvgIpc) is 3.63. The molecule has 2 aromatic carbocycles. The summed E-state index contributed by atoms with van der Waals surface area (Å²) in [7, 11) is -3.97. The lowest BCUT2D eigenvalue weighted by atomic mass is 9.87. The van der Waals surface area contributed by atoms with Crippen molar-refractivity contribution in [3.05, 3.63) is 64.7 Å². The first-order valence-electron chi connectivity index (χ1n) is 10.8. The molecule has 36 heavy (non-hydrogen) atoms. The highest BCUT2D eigenvalue weighted by atomic mass is 35.5. The summed E-state index contributed by atoms with van der Waals surface area (Å²) < 4.78 is 82.1. The van der Waals surface area contributed by atoms with Crippen molar-refractivity contribution in [2.45, 2.75) is 30.8 Å². The van der Waals surface area contributed by atoms with Crippen molar-refractivity contribution in [2.75, 3.05) is 24.5 Å². The zero-order chi connectivity index (χ0) is 26.3. The number of nitrogens with zero attached hydrogens (tertiary/aromatic N) is 2. The van der Waals surface area contributed by atoms with Gasteiger partial charge in [0.25, 0.3) is 16.1 Å². The summed E-state index contributed by atoms with van der Waals surface area (Å²) in [6.45, 7) is -0.284. The van der Waals surface area contributed by atoms with E-state index < -0.39 is 71.1 Å². The first-order chi connectivity index (χ1) is 16.9. The van der Waals surface area contributed by atoms with Gasteiger partial charge in [0.05, 0.1) is 6.54 Å². The maximum Gasteiger partial charge on any atom is 0.280 e. The molecule has 2 aromatic rings. The van der Waals surface area contributed by atoms with Crippen LogP contribution in [0.3, 0.4) is 0 Å². The number of hydrogen-bond donors (Lipinski definition) is 2. The van der Waals surface area contributed by atoms with E-state index in [1.807, 2.05) is 0 Å². The predicted molar refractivity (Wildman–Crippen MR) is 123 cm³/mol. The van der Waals surface area contributed by atoms with E-state index in [4.69, 9.17) is 11.6 Å². The molecule has 8 nitrogen and oxygen atoms in total. The molecule has 1 heterocycles. The van der Waals surface area contributed by atoms with Crippen LogP contribution in [0.5, 0.6) is 0 Å². The van der Waals surface area contributed by atoms with E-state index in [0.29, 0.717) is 6.07 Å². The van der Waals surface area contributed by atoms with Crippen molar-refractivity contribution in [2.24, 2.45) is 0 Å². The fraction of sp³-hybridized carbons (Fsp3) is 0.364. The molecule has 2 amide bonds. The van der Waals surface area contributed by atoms with E-state index in [0.717, 1.165) is 21.3 Å². The van der Waals surface area contributed by atoms with Gasteiger partial charge in [-0.3, -0.25) is 14.5 Å². The van der Waals surface area contributed by atoms with Crippen LogP contribution in [0.4, 0.5) is 23.2 Å². The Hall–Kier alpha value is -2.74. The van der Waals surface area contributed by atoms with E-state index in [2.05, 4.69) is 10.0 Å². The minimum atomic E-state index is -3.97. The normalized spacial score (nSPS) is 18.2. The molecule has 14 heteroatoms. The molecular weight excluding hydrogens is 528 g/mol. The SMILES string of the molecule is O=C(NC1CC(F)(F)C1)[C@H](c1ccccc1Cl)N(C(=O)CNS(=O)(=O)N1CC1)c1ccc(F)c(F)c1. The van der Waals surface area contributed by atoms with Crippen LogP contribution in [0, 0.1) is 11.6 Å². The van der Waals surface area contributed by atoms with Crippen LogP contribution in [-0.2, 0) is 19.8 Å². The fourth-order valence-corrected chi connectivity index (χ4v) is 5.11. The number of amides is 2. The van der Waals surface area contributed by atoms with Gasteiger partial charge in [0.15, 0.2) is 11.6 Å². The Balaban J connectivity index is 1.73. The molecule has 194 valence electrons. The molecule has 4 rings (SSSR count). The standard InChI is InChI=1S/C22H21ClF4N4O4S/c23-16-4-2-1-3-15(16)20(21(33)29-13-10-22(26,27)11-13)31(14-5-6-17(24)18(25)9-14)19(32)12-28-36(34,35)30-7-8-30/h1-6,9,13,20,28H,7-8,10-12H2,(H,29,33)/t20-/m0/s1. The van der Waals surface area contributed by atoms with Gasteiger partial charge in [-0.15, -0.1) is 0 Å². The molecular formula is C22H21ClF4N4O4S. The van der Waals surface area contributed by atoms with Crippen molar-refractivity contribution < 1.29 is 35.6 Å². The summed E-state index contributed by atoms with van der Waals surface area (Å²) in [5.41, 5.74) is -0.210. The van der Waals surface area contributed by atoms with Gasteiger partial charge in [-0.25, -0.2) is 17.6 Å². The van der Waals surface area contributed by atoms with Gasteiger partial charge in [-0.2, -0.15) is 17.4 Å². The molecule has 1 saturated heterocycles. The molecule has 0 bridgehead atoms. The summed E-state index contributed by atoms with van der Waals surface area (Å²) in [4.78, 5) is 27.5. The molecule has 0 spiro atoms. The quantitative estimate of drug-likeness (QED) is 0.372. The molecule has 2 N–H and O–H groups in total. The third-order valence-electron chi connectivity index (χ3n) is 5.74. The van der Waals surface area contributed by atoms with Crippen LogP contribution >= 0.6 is 11.6 Å². The summed E-state index contributed by atoms with van der Waals surface area (Å²) >= 11 is 6.29. The highest BCUT2D eigenvalue weighted by molar-refractivity contribution is 7.87. The van der Waals surface area contributed by atoms with Crippen LogP contribution in [0.25, 0.3) is 0 Å². The number of nitrogens with one attached hydrogen (secondary N) is 2. The molecule has 2 fully saturated rings. The second kappa shape index (κ2) is 9.96. The molecule has 0 aromatic heterocycles. The third-order valence-corrected chi connectivity index (χ3v) is 7.64. The summed E-state index contributed by atoms with van der Waals surface area (Å²) in [6.07, 6.45) is -1.22. The number of halogens is 5. The Labute approximate surface area is 209 Å². The van der Waals surface area contributed by atoms with Gasteiger partial charge in [-0.05, 0) is 18.2 Å². The number of hydrogen-bond acceptors (Lipinski definition) is 4. The minimum absolute atomic E-state index is 0.0293. The van der Waals surface area contributed by atoms with Gasteiger partial charge in [0.2, 0.25) is 11.8 Å². The van der Waals surface area contributed by atoms with Crippen LogP contribution in [0.2, 0.25) is 5.02 Å². The number of carbonyl (C=O) groups is 2. The Bertz CT molecular complexity index is 1280. The van der Waals surface area contributed by atoms with E-state index in [-0.39, 0.29) is 29.4 Å². The lowest BCUT2D eigenvalue weighted by molar-refractivity contribution is -0.132. The van der Waals surface area contributed by atoms with Crippen molar-refractivity contribution in [1.29, 1.82) is 0 Å². The van der Waals surface area contributed by atoms with Crippen molar-refractivity contribution in [3.8, 4) is 0 Å². The lowest BCUT2D eigenvalue weighted by Gasteiger charge is -2.38. The Morgan fingerprint density at radius 2 is 1.78 bits per heavy atom. The summed E-state index contributed by atoms with van der Waals surface area (Å²) in [5, 5.41) is 2.47. The van der Waals surface area contributed by atoms with Crippen molar-refractivity contribution >= 4 is 39.3 Å². The topological polar surface area (TPSA) is 98.6 Å². The number of rotatable bonds is 9. The molecule has 1 saturated carbocycles. The highest BCUT2D eigenvalue weighted by Crippen LogP contribution is 2.39. The molecule has 0 unspecified atom stereocenters. The number of anilines is 1. The monoisotopic (exact) mass is 548 g/mol. The second-order valence-electron chi connectivity index (χ2n) is 8.48. The molecule has 1 aliphatic heterocycles. The van der Waals surface area contributed by atoms with Crippen LogP contribution < -0.4 is 14.9 Å². The average molecular weight is 549 g/mol. The lowest BCUT2D eigenvalue weighted by Crippen LogP contribution is -2.55. The first kappa shape index (κ1) is 26.3. The Morgan fingerprint density at radius 1 is 1.11 bits per heavy atom. The van der Waals surface area contributed by atoms with E-state index >= 15 is 0 Å². The number of alkyl halides is 2. The highest BCUT2D eigenvalue weighted by Gasteiger charge is 2.47. The zero-order valence-electron chi connectivity index (χ0n) is 18.6. The maximum atomic E-state index is 14.2. The first-order valence-corrected chi connectivity index (χ1v) is 12.6. The molecule has 2 aliphatic rings. The largest absolute Gasteiger partial charge is 0.351 e. The molecule has 0 radical (unpaired) electrons. The Kier molecular flexibility index (Phi) is 7.28. The van der Waals surface area contributed by atoms with E-state index in [1.54, 1.807) is 6.07 Å². The van der Waals surface area contributed by atoms with Crippen LogP contribution in [0.15, 0.2) is 42.5 Å². The second-order valence-corrected chi connectivity index (χ2v) is 10.6.